The molecule has 0 aliphatic rings. The summed E-state index contributed by atoms with van der Waals surface area (Å²) in [4.78, 5) is 0. The standard InChI is InChI=1S/C16H16Cl/c1-3-16(13-6-4-12(2)5-7-13)14-8-10-15(17)11-9-14/h4-11,16H,1,3H2,2H3. The van der Waals surface area contributed by atoms with Crippen molar-refractivity contribution < 1.29 is 0 Å². The van der Waals surface area contributed by atoms with E-state index >= 15 is 0 Å². The fourth-order valence-electron chi connectivity index (χ4n) is 2.02. The van der Waals surface area contributed by atoms with E-state index in [1.807, 2.05) is 12.1 Å². The summed E-state index contributed by atoms with van der Waals surface area (Å²) in [6.07, 6.45) is 0.852. The number of aryl methyl sites for hydroxylation is 1. The van der Waals surface area contributed by atoms with Crippen molar-refractivity contribution in [2.75, 3.05) is 0 Å². The molecule has 0 bridgehead atoms. The second-order valence-corrected chi connectivity index (χ2v) is 4.74. The van der Waals surface area contributed by atoms with Crippen LogP contribution in [0.25, 0.3) is 0 Å². The lowest BCUT2D eigenvalue weighted by Crippen LogP contribution is -1.99. The van der Waals surface area contributed by atoms with Crippen molar-refractivity contribution in [1.82, 2.24) is 0 Å². The van der Waals surface area contributed by atoms with Gasteiger partial charge in [-0.3, -0.25) is 0 Å². The number of hydrogen-bond donors (Lipinski definition) is 0. The fraction of sp³-hybridized carbons (Fsp3) is 0.188. The van der Waals surface area contributed by atoms with Crippen LogP contribution in [0.15, 0.2) is 48.5 Å². The van der Waals surface area contributed by atoms with Crippen LogP contribution >= 0.6 is 11.6 Å². The smallest absolute Gasteiger partial charge is 0.0406 e. The zero-order valence-corrected chi connectivity index (χ0v) is 10.7. The van der Waals surface area contributed by atoms with Gasteiger partial charge in [-0.1, -0.05) is 60.5 Å². The van der Waals surface area contributed by atoms with Gasteiger partial charge in [0.05, 0.1) is 0 Å². The summed E-state index contributed by atoms with van der Waals surface area (Å²) < 4.78 is 0. The predicted octanol–water partition coefficient (Wildman–Crippen LogP) is 5.00. The van der Waals surface area contributed by atoms with E-state index < -0.39 is 0 Å². The van der Waals surface area contributed by atoms with Crippen LogP contribution in [0.4, 0.5) is 0 Å². The van der Waals surface area contributed by atoms with Gasteiger partial charge in [0.15, 0.2) is 0 Å². The van der Waals surface area contributed by atoms with E-state index in [4.69, 9.17) is 11.6 Å². The van der Waals surface area contributed by atoms with Crippen LogP contribution in [-0.4, -0.2) is 0 Å². The number of hydrogen-bond acceptors (Lipinski definition) is 0. The maximum absolute atomic E-state index is 5.91. The molecule has 2 rings (SSSR count). The lowest BCUT2D eigenvalue weighted by atomic mass is 9.89. The lowest BCUT2D eigenvalue weighted by molar-refractivity contribution is 0.827. The largest absolute Gasteiger partial charge is 0.0843 e. The molecule has 1 unspecified atom stereocenters. The zero-order valence-electron chi connectivity index (χ0n) is 9.99. The van der Waals surface area contributed by atoms with Gasteiger partial charge in [-0.05, 0) is 36.6 Å². The van der Waals surface area contributed by atoms with Gasteiger partial charge in [-0.2, -0.15) is 0 Å². The third-order valence-electron chi connectivity index (χ3n) is 3.04. The summed E-state index contributed by atoms with van der Waals surface area (Å²) in [6.45, 7) is 6.15. The zero-order chi connectivity index (χ0) is 12.3. The molecule has 0 N–H and O–H groups in total. The van der Waals surface area contributed by atoms with Gasteiger partial charge < -0.3 is 0 Å². The SMILES string of the molecule is [CH2]CC(c1ccc(C)cc1)c1ccc(Cl)cc1. The Kier molecular flexibility index (Phi) is 3.86. The Hall–Kier alpha value is -1.27. The Labute approximate surface area is 108 Å². The summed E-state index contributed by atoms with van der Waals surface area (Å²) in [7, 11) is 0. The molecular weight excluding hydrogens is 228 g/mol. The van der Waals surface area contributed by atoms with Crippen molar-refractivity contribution in [3.8, 4) is 0 Å². The molecule has 1 radical (unpaired) electrons. The van der Waals surface area contributed by atoms with Crippen molar-refractivity contribution in [3.63, 3.8) is 0 Å². The van der Waals surface area contributed by atoms with Crippen molar-refractivity contribution in [1.29, 1.82) is 0 Å². The van der Waals surface area contributed by atoms with Gasteiger partial charge in [0.1, 0.15) is 0 Å². The van der Waals surface area contributed by atoms with Gasteiger partial charge in [-0.25, -0.2) is 0 Å². The van der Waals surface area contributed by atoms with E-state index in [9.17, 15) is 0 Å². The Morgan fingerprint density at radius 3 is 1.88 bits per heavy atom. The minimum Gasteiger partial charge on any atom is -0.0843 e. The molecule has 1 atom stereocenters. The maximum atomic E-state index is 5.91. The number of halogens is 1. The minimum atomic E-state index is 0.355. The van der Waals surface area contributed by atoms with Crippen LogP contribution in [0.3, 0.4) is 0 Å². The quantitative estimate of drug-likeness (QED) is 0.711. The van der Waals surface area contributed by atoms with Crippen LogP contribution in [0.5, 0.6) is 0 Å². The third kappa shape index (κ3) is 2.89. The highest BCUT2D eigenvalue weighted by Crippen LogP contribution is 2.28. The second-order valence-electron chi connectivity index (χ2n) is 4.30. The normalized spacial score (nSPS) is 12.4. The molecule has 0 saturated carbocycles. The highest BCUT2D eigenvalue weighted by molar-refractivity contribution is 6.30. The van der Waals surface area contributed by atoms with E-state index in [0.717, 1.165) is 11.4 Å². The monoisotopic (exact) mass is 243 g/mol. The summed E-state index contributed by atoms with van der Waals surface area (Å²) in [5.41, 5.74) is 3.87. The van der Waals surface area contributed by atoms with E-state index in [-0.39, 0.29) is 0 Å². The molecule has 0 amide bonds. The Morgan fingerprint density at radius 1 is 0.941 bits per heavy atom. The lowest BCUT2D eigenvalue weighted by Gasteiger charge is -2.16. The first-order valence-electron chi connectivity index (χ1n) is 5.82. The molecule has 0 spiro atoms. The van der Waals surface area contributed by atoms with Crippen molar-refractivity contribution in [3.05, 3.63) is 77.2 Å². The topological polar surface area (TPSA) is 0 Å². The molecule has 0 saturated heterocycles. The van der Waals surface area contributed by atoms with Crippen molar-refractivity contribution in [2.24, 2.45) is 0 Å². The summed E-state index contributed by atoms with van der Waals surface area (Å²) in [6, 6.07) is 16.7. The predicted molar refractivity (Wildman–Crippen MR) is 74.4 cm³/mol. The van der Waals surface area contributed by atoms with E-state index in [1.165, 1.54) is 16.7 Å². The first kappa shape index (κ1) is 12.2. The molecular formula is C16H16Cl. The molecule has 1 heteroatoms. The van der Waals surface area contributed by atoms with Crippen molar-refractivity contribution >= 4 is 11.6 Å². The summed E-state index contributed by atoms with van der Waals surface area (Å²) in [5.74, 6) is 0.355. The van der Waals surface area contributed by atoms with Gasteiger partial charge in [-0.15, -0.1) is 0 Å². The molecule has 0 aliphatic carbocycles. The number of benzene rings is 2. The molecule has 0 fully saturated rings. The summed E-state index contributed by atoms with van der Waals surface area (Å²) in [5, 5.41) is 0.778. The average molecular weight is 244 g/mol. The average Bonchev–Trinajstić information content (AvgIpc) is 2.35. The van der Waals surface area contributed by atoms with E-state index in [1.54, 1.807) is 0 Å². The van der Waals surface area contributed by atoms with Crippen LogP contribution < -0.4 is 0 Å². The third-order valence-corrected chi connectivity index (χ3v) is 3.29. The van der Waals surface area contributed by atoms with Crippen LogP contribution in [0.1, 0.15) is 29.0 Å². The minimum absolute atomic E-state index is 0.355. The highest BCUT2D eigenvalue weighted by Gasteiger charge is 2.11. The molecule has 17 heavy (non-hydrogen) atoms. The molecule has 0 heterocycles. The van der Waals surface area contributed by atoms with Gasteiger partial charge >= 0.3 is 0 Å². The first-order chi connectivity index (χ1) is 8.20. The van der Waals surface area contributed by atoms with Gasteiger partial charge in [0.25, 0.3) is 0 Å². The molecule has 2 aromatic rings. The van der Waals surface area contributed by atoms with Gasteiger partial charge in [0.2, 0.25) is 0 Å². The van der Waals surface area contributed by atoms with Crippen molar-refractivity contribution in [2.45, 2.75) is 19.3 Å². The molecule has 0 nitrogen and oxygen atoms in total. The molecule has 0 aromatic heterocycles. The Balaban J connectivity index is 2.33. The Bertz CT molecular complexity index is 422. The molecule has 0 aliphatic heterocycles. The number of rotatable bonds is 3. The van der Waals surface area contributed by atoms with E-state index in [2.05, 4.69) is 50.2 Å². The summed E-state index contributed by atoms with van der Waals surface area (Å²) >= 11 is 5.91. The second kappa shape index (κ2) is 5.37. The van der Waals surface area contributed by atoms with E-state index in [0.29, 0.717) is 5.92 Å². The van der Waals surface area contributed by atoms with Gasteiger partial charge in [0, 0.05) is 10.9 Å². The first-order valence-corrected chi connectivity index (χ1v) is 6.20. The van der Waals surface area contributed by atoms with Crippen LogP contribution in [-0.2, 0) is 0 Å². The maximum Gasteiger partial charge on any atom is 0.0406 e. The van der Waals surface area contributed by atoms with Crippen LogP contribution in [0.2, 0.25) is 5.02 Å². The molecule has 2 aromatic carbocycles. The molecule has 87 valence electrons. The fourth-order valence-corrected chi connectivity index (χ4v) is 2.15. The van der Waals surface area contributed by atoms with Crippen LogP contribution in [0, 0.1) is 13.8 Å². The Morgan fingerprint density at radius 2 is 1.41 bits per heavy atom. The highest BCUT2D eigenvalue weighted by atomic mass is 35.5.